The van der Waals surface area contributed by atoms with Gasteiger partial charge in [0.15, 0.2) is 6.54 Å². The van der Waals surface area contributed by atoms with Gasteiger partial charge in [-0.05, 0) is 12.1 Å². The summed E-state index contributed by atoms with van der Waals surface area (Å²) in [5, 5.41) is 10.7. The Kier molecular flexibility index (Phi) is 4.28. The van der Waals surface area contributed by atoms with Gasteiger partial charge in [-0.1, -0.05) is 11.3 Å². The van der Waals surface area contributed by atoms with Crippen LogP contribution in [0.4, 0.5) is 0 Å². The van der Waals surface area contributed by atoms with Crippen molar-refractivity contribution < 1.29 is 27.4 Å². The van der Waals surface area contributed by atoms with Crippen molar-refractivity contribution in [1.82, 2.24) is 0 Å². The van der Waals surface area contributed by atoms with Gasteiger partial charge < -0.3 is 14.4 Å². The van der Waals surface area contributed by atoms with E-state index in [1.165, 1.54) is 11.3 Å². The first-order valence-corrected chi connectivity index (χ1v) is 8.28. The lowest BCUT2D eigenvalue weighted by molar-refractivity contribution is -0.679. The van der Waals surface area contributed by atoms with Crippen molar-refractivity contribution in [2.75, 3.05) is 12.9 Å². The number of rotatable bonds is 5. The average Bonchev–Trinajstić information content (AvgIpc) is 2.63. The Bertz CT molecular complexity index is 723. The van der Waals surface area contributed by atoms with E-state index in [4.69, 9.17) is 4.74 Å². The van der Waals surface area contributed by atoms with Crippen molar-refractivity contribution in [3.05, 3.63) is 23.2 Å². The first-order chi connectivity index (χ1) is 9.30. The maximum Gasteiger partial charge on any atom is 0.235 e. The van der Waals surface area contributed by atoms with Gasteiger partial charge in [-0.3, -0.25) is 0 Å². The molecule has 0 amide bonds. The van der Waals surface area contributed by atoms with Crippen LogP contribution in [0.25, 0.3) is 10.2 Å². The highest BCUT2D eigenvalue weighted by Crippen LogP contribution is 2.24. The van der Waals surface area contributed by atoms with Gasteiger partial charge in [0.25, 0.3) is 0 Å². The predicted molar refractivity (Wildman–Crippen MR) is 73.9 cm³/mol. The molecular formula is C12H15NO5S2. The van der Waals surface area contributed by atoms with Crippen molar-refractivity contribution in [3.63, 3.8) is 0 Å². The van der Waals surface area contributed by atoms with E-state index in [-0.39, 0.29) is 6.54 Å². The van der Waals surface area contributed by atoms with Crippen LogP contribution >= 0.6 is 11.3 Å². The van der Waals surface area contributed by atoms with Gasteiger partial charge in [0, 0.05) is 6.92 Å². The molecule has 8 heteroatoms. The number of methoxy groups -OCH3 is 1. The highest BCUT2D eigenvalue weighted by atomic mass is 32.2. The fourth-order valence-corrected chi connectivity index (χ4v) is 3.62. The third kappa shape index (κ3) is 3.45. The Labute approximate surface area is 121 Å². The fraction of sp³-hybridized carbons (Fsp3) is 0.417. The summed E-state index contributed by atoms with van der Waals surface area (Å²) in [5.74, 6) is -0.115. The van der Waals surface area contributed by atoms with Gasteiger partial charge in [0.05, 0.1) is 29.0 Å². The van der Waals surface area contributed by atoms with Gasteiger partial charge in [-0.25, -0.2) is 8.42 Å². The minimum Gasteiger partial charge on any atom is -0.748 e. The van der Waals surface area contributed by atoms with E-state index in [1.807, 2.05) is 25.1 Å². The van der Waals surface area contributed by atoms with E-state index in [2.05, 4.69) is 0 Å². The number of aliphatic hydroxyl groups is 1. The minimum atomic E-state index is -4.44. The van der Waals surface area contributed by atoms with Crippen molar-refractivity contribution in [3.8, 4) is 5.75 Å². The molecule has 1 N–H and O–H groups in total. The monoisotopic (exact) mass is 317 g/mol. The van der Waals surface area contributed by atoms with Crippen LogP contribution in [-0.2, 0) is 16.7 Å². The molecule has 0 aliphatic rings. The van der Waals surface area contributed by atoms with E-state index in [9.17, 15) is 18.1 Å². The molecule has 0 saturated heterocycles. The van der Waals surface area contributed by atoms with Crippen molar-refractivity contribution >= 4 is 31.7 Å². The molecule has 0 saturated carbocycles. The molecule has 0 radical (unpaired) electrons. The molecule has 1 heterocycles. The van der Waals surface area contributed by atoms with Gasteiger partial charge in [0.1, 0.15) is 16.6 Å². The molecule has 110 valence electrons. The second kappa shape index (κ2) is 5.65. The second-order valence-electron chi connectivity index (χ2n) is 4.44. The molecule has 1 aromatic heterocycles. The molecule has 2 rings (SSSR count). The third-order valence-electron chi connectivity index (χ3n) is 2.88. The first-order valence-electron chi connectivity index (χ1n) is 5.89. The largest absolute Gasteiger partial charge is 0.748 e. The normalized spacial score (nSPS) is 13.6. The van der Waals surface area contributed by atoms with Crippen molar-refractivity contribution in [1.29, 1.82) is 0 Å². The summed E-state index contributed by atoms with van der Waals surface area (Å²) in [6.45, 7) is 1.93. The molecule has 2 aromatic rings. The molecule has 0 unspecified atom stereocenters. The molecule has 20 heavy (non-hydrogen) atoms. The van der Waals surface area contributed by atoms with Crippen molar-refractivity contribution in [2.45, 2.75) is 19.6 Å². The Morgan fingerprint density at radius 2 is 2.20 bits per heavy atom. The zero-order valence-corrected chi connectivity index (χ0v) is 12.7. The van der Waals surface area contributed by atoms with Crippen LogP contribution in [0, 0.1) is 6.92 Å². The molecular weight excluding hydrogens is 302 g/mol. The third-order valence-corrected chi connectivity index (χ3v) is 4.76. The number of nitrogens with zero attached hydrogens (tertiary/aromatic N) is 1. The Morgan fingerprint density at radius 1 is 1.50 bits per heavy atom. The molecule has 1 aromatic carbocycles. The van der Waals surface area contributed by atoms with Gasteiger partial charge in [0.2, 0.25) is 10.5 Å². The van der Waals surface area contributed by atoms with Gasteiger partial charge >= 0.3 is 0 Å². The summed E-state index contributed by atoms with van der Waals surface area (Å²) in [5.41, 5.74) is 0.842. The number of hydrogen-bond donors (Lipinski definition) is 1. The molecule has 0 fully saturated rings. The summed E-state index contributed by atoms with van der Waals surface area (Å²) < 4.78 is 40.0. The minimum absolute atomic E-state index is 0.0560. The summed E-state index contributed by atoms with van der Waals surface area (Å²) in [6.07, 6.45) is -1.23. The average molecular weight is 317 g/mol. The number of thiazole rings is 1. The second-order valence-corrected chi connectivity index (χ2v) is 7.13. The number of aryl methyl sites for hydroxylation is 1. The summed E-state index contributed by atoms with van der Waals surface area (Å²) in [7, 11) is -2.88. The number of ether oxygens (including phenoxy) is 1. The highest BCUT2D eigenvalue weighted by Gasteiger charge is 2.22. The lowest BCUT2D eigenvalue weighted by Gasteiger charge is -2.10. The topological polar surface area (TPSA) is 90.5 Å². The van der Waals surface area contributed by atoms with E-state index >= 15 is 0 Å². The Balaban J connectivity index is 2.35. The van der Waals surface area contributed by atoms with Crippen LogP contribution in [0.1, 0.15) is 5.01 Å². The van der Waals surface area contributed by atoms with Crippen LogP contribution in [0.2, 0.25) is 0 Å². The number of fused-ring (bicyclic) bond motifs is 1. The van der Waals surface area contributed by atoms with E-state index in [1.54, 1.807) is 11.7 Å². The van der Waals surface area contributed by atoms with Gasteiger partial charge in [-0.15, -0.1) is 0 Å². The van der Waals surface area contributed by atoms with Crippen LogP contribution in [-0.4, -0.2) is 37.0 Å². The zero-order chi connectivity index (χ0) is 14.9. The fourth-order valence-electron chi connectivity index (χ4n) is 2.03. The summed E-state index contributed by atoms with van der Waals surface area (Å²) in [4.78, 5) is 0. The highest BCUT2D eigenvalue weighted by molar-refractivity contribution is 7.85. The lowest BCUT2D eigenvalue weighted by Crippen LogP contribution is -2.43. The van der Waals surface area contributed by atoms with Crippen molar-refractivity contribution in [2.24, 2.45) is 0 Å². The lowest BCUT2D eigenvalue weighted by atomic mass is 10.3. The number of aromatic nitrogens is 1. The zero-order valence-electron chi connectivity index (χ0n) is 11.1. The molecule has 0 aliphatic heterocycles. The Hall–Kier alpha value is -1.22. The molecule has 0 aliphatic carbocycles. The van der Waals surface area contributed by atoms with E-state index in [0.717, 1.165) is 15.2 Å². The van der Waals surface area contributed by atoms with Crippen LogP contribution in [0.5, 0.6) is 5.75 Å². The Morgan fingerprint density at radius 3 is 2.80 bits per heavy atom. The smallest absolute Gasteiger partial charge is 0.235 e. The van der Waals surface area contributed by atoms with E-state index < -0.39 is 22.0 Å². The quantitative estimate of drug-likeness (QED) is 0.637. The van der Waals surface area contributed by atoms with Gasteiger partial charge in [-0.2, -0.15) is 4.57 Å². The first kappa shape index (κ1) is 15.2. The van der Waals surface area contributed by atoms with Crippen LogP contribution < -0.4 is 9.30 Å². The standard InChI is InChI=1S/C12H15NO5S2/c1-8-13(6-9(14)7-20(15,16)17)11-5-10(18-2)3-4-12(11)19-8/h3-5,9,14H,6-7H2,1-2H3/t9-/m0/s1. The SMILES string of the molecule is COc1ccc2sc(C)[n+](C[C@H](O)CS(=O)(=O)[O-])c2c1. The number of benzene rings is 1. The molecule has 6 nitrogen and oxygen atoms in total. The maximum absolute atomic E-state index is 10.7. The molecule has 0 spiro atoms. The number of hydrogen-bond acceptors (Lipinski definition) is 6. The maximum atomic E-state index is 10.7. The molecule has 1 atom stereocenters. The van der Waals surface area contributed by atoms with E-state index in [0.29, 0.717) is 5.75 Å². The predicted octanol–water partition coefficient (Wildman–Crippen LogP) is 0.412. The van der Waals surface area contributed by atoms with Crippen LogP contribution in [0.15, 0.2) is 18.2 Å². The summed E-state index contributed by atoms with van der Waals surface area (Å²) >= 11 is 1.53. The molecule has 0 bridgehead atoms. The summed E-state index contributed by atoms with van der Waals surface area (Å²) in [6, 6.07) is 5.55. The number of aliphatic hydroxyl groups excluding tert-OH is 1. The van der Waals surface area contributed by atoms with Crippen LogP contribution in [0.3, 0.4) is 0 Å².